The Kier molecular flexibility index (Phi) is 9.20. The molecule has 194 valence electrons. The predicted molar refractivity (Wildman–Crippen MR) is 130 cm³/mol. The van der Waals surface area contributed by atoms with Gasteiger partial charge in [0.05, 0.1) is 19.2 Å². The molecule has 1 aromatic carbocycles. The van der Waals surface area contributed by atoms with Crippen molar-refractivity contribution in [2.24, 2.45) is 0 Å². The predicted octanol–water partition coefficient (Wildman–Crippen LogP) is 2.21. The Morgan fingerprint density at radius 3 is 2.43 bits per heavy atom. The maximum atomic E-state index is 12.9. The molecule has 0 aliphatic carbocycles. The molecule has 3 N–H and O–H groups in total. The molecule has 1 aromatic rings. The maximum absolute atomic E-state index is 12.9. The number of hydrogen-bond donors (Lipinski definition) is 3. The van der Waals surface area contributed by atoms with Crippen molar-refractivity contribution >= 4 is 18.1 Å². The highest BCUT2D eigenvalue weighted by Gasteiger charge is 2.41. The molecule has 0 aromatic heterocycles. The van der Waals surface area contributed by atoms with E-state index < -0.39 is 23.9 Å². The SMILES string of the molecule is COc1ccc(C[C@@H]2[C@H](OC(=O)NCCNC(=O)[C@@H]3CCCN3)CCN2C(=O)OC(C)(C)C)cc1. The first-order valence-electron chi connectivity index (χ1n) is 12.2. The normalized spacial score (nSPS) is 21.9. The van der Waals surface area contributed by atoms with E-state index >= 15 is 0 Å². The van der Waals surface area contributed by atoms with E-state index in [9.17, 15) is 14.4 Å². The number of alkyl carbamates (subject to hydrolysis) is 1. The van der Waals surface area contributed by atoms with Crippen molar-refractivity contribution in [3.8, 4) is 5.75 Å². The van der Waals surface area contributed by atoms with Crippen LogP contribution in [0.15, 0.2) is 24.3 Å². The highest BCUT2D eigenvalue weighted by atomic mass is 16.6. The number of likely N-dealkylation sites (tertiary alicyclic amines) is 1. The summed E-state index contributed by atoms with van der Waals surface area (Å²) in [6.45, 7) is 7.31. The molecule has 0 bridgehead atoms. The fourth-order valence-electron chi connectivity index (χ4n) is 4.32. The maximum Gasteiger partial charge on any atom is 0.410 e. The van der Waals surface area contributed by atoms with Crippen LogP contribution in [0.25, 0.3) is 0 Å². The van der Waals surface area contributed by atoms with Crippen LogP contribution in [0.5, 0.6) is 5.75 Å². The van der Waals surface area contributed by atoms with E-state index in [2.05, 4.69) is 16.0 Å². The molecule has 35 heavy (non-hydrogen) atoms. The van der Waals surface area contributed by atoms with Crippen molar-refractivity contribution in [1.29, 1.82) is 0 Å². The summed E-state index contributed by atoms with van der Waals surface area (Å²) in [6, 6.07) is 7.07. The van der Waals surface area contributed by atoms with Gasteiger partial charge in [-0.15, -0.1) is 0 Å². The lowest BCUT2D eigenvalue weighted by atomic mass is 10.0. The standard InChI is InChI=1S/C25H38N4O6/c1-25(2,3)35-24(32)29-15-11-21(20(29)16-17-7-9-18(33-4)10-8-17)34-23(31)28-14-13-27-22(30)19-6-5-12-26-19/h7-10,19-21,26H,5-6,11-16H2,1-4H3,(H,27,30)(H,28,31)/t19-,20+,21+/m0/s1. The second-order valence-electron chi connectivity index (χ2n) is 9.89. The number of nitrogens with zero attached hydrogens (tertiary/aromatic N) is 1. The summed E-state index contributed by atoms with van der Waals surface area (Å²) in [5.41, 5.74) is 0.361. The third kappa shape index (κ3) is 8.02. The van der Waals surface area contributed by atoms with Crippen LogP contribution in [0.2, 0.25) is 0 Å². The number of rotatable bonds is 8. The lowest BCUT2D eigenvalue weighted by Crippen LogP contribution is -2.46. The zero-order chi connectivity index (χ0) is 25.4. The zero-order valence-corrected chi connectivity index (χ0v) is 21.1. The van der Waals surface area contributed by atoms with Crippen LogP contribution in [-0.2, 0) is 20.7 Å². The summed E-state index contributed by atoms with van der Waals surface area (Å²) in [7, 11) is 1.61. The molecule has 10 heteroatoms. The number of carbonyl (C=O) groups is 3. The first kappa shape index (κ1) is 26.6. The molecular weight excluding hydrogens is 452 g/mol. The van der Waals surface area contributed by atoms with Gasteiger partial charge in [0.25, 0.3) is 0 Å². The van der Waals surface area contributed by atoms with Crippen LogP contribution < -0.4 is 20.7 Å². The average molecular weight is 491 g/mol. The molecular formula is C25H38N4O6. The van der Waals surface area contributed by atoms with E-state index in [1.54, 1.807) is 12.0 Å². The average Bonchev–Trinajstić information content (AvgIpc) is 3.47. The lowest BCUT2D eigenvalue weighted by Gasteiger charge is -2.30. The van der Waals surface area contributed by atoms with Gasteiger partial charge in [-0.25, -0.2) is 9.59 Å². The number of nitrogens with one attached hydrogen (secondary N) is 3. The summed E-state index contributed by atoms with van der Waals surface area (Å²) in [4.78, 5) is 39.0. The Labute approximate surface area is 207 Å². The smallest absolute Gasteiger partial charge is 0.410 e. The number of benzene rings is 1. The molecule has 3 rings (SSSR count). The van der Waals surface area contributed by atoms with Crippen LogP contribution in [0.4, 0.5) is 9.59 Å². The monoisotopic (exact) mass is 490 g/mol. The Balaban J connectivity index is 1.56. The highest BCUT2D eigenvalue weighted by molar-refractivity contribution is 5.82. The minimum atomic E-state index is -0.628. The number of hydrogen-bond acceptors (Lipinski definition) is 7. The number of ether oxygens (including phenoxy) is 3. The second-order valence-corrected chi connectivity index (χ2v) is 9.89. The van der Waals surface area contributed by atoms with E-state index in [1.807, 2.05) is 45.0 Å². The van der Waals surface area contributed by atoms with Gasteiger partial charge in [-0.2, -0.15) is 0 Å². The molecule has 2 aliphatic heterocycles. The van der Waals surface area contributed by atoms with E-state index in [0.717, 1.165) is 30.7 Å². The minimum absolute atomic E-state index is 0.0546. The molecule has 2 heterocycles. The van der Waals surface area contributed by atoms with Crippen molar-refractivity contribution in [2.75, 3.05) is 33.3 Å². The van der Waals surface area contributed by atoms with Crippen LogP contribution in [0.1, 0.15) is 45.6 Å². The van der Waals surface area contributed by atoms with Gasteiger partial charge in [-0.1, -0.05) is 12.1 Å². The van der Waals surface area contributed by atoms with Crippen LogP contribution in [0.3, 0.4) is 0 Å². The van der Waals surface area contributed by atoms with Crippen molar-refractivity contribution in [2.45, 2.75) is 70.2 Å². The van der Waals surface area contributed by atoms with Crippen LogP contribution in [-0.4, -0.2) is 80.1 Å². The number of methoxy groups -OCH3 is 1. The molecule has 10 nitrogen and oxygen atoms in total. The molecule has 3 atom stereocenters. The molecule has 2 aliphatic rings. The third-order valence-electron chi connectivity index (χ3n) is 6.04. The van der Waals surface area contributed by atoms with Crippen molar-refractivity contribution in [3.63, 3.8) is 0 Å². The first-order valence-corrected chi connectivity index (χ1v) is 12.2. The molecule has 0 radical (unpaired) electrons. The van der Waals surface area contributed by atoms with Gasteiger partial charge in [0.1, 0.15) is 17.5 Å². The number of amides is 3. The van der Waals surface area contributed by atoms with Gasteiger partial charge >= 0.3 is 12.2 Å². The number of carbonyl (C=O) groups excluding carboxylic acids is 3. The van der Waals surface area contributed by atoms with Crippen molar-refractivity contribution < 1.29 is 28.6 Å². The van der Waals surface area contributed by atoms with Gasteiger partial charge in [-0.05, 0) is 64.3 Å². The molecule has 0 spiro atoms. The Morgan fingerprint density at radius 2 is 1.80 bits per heavy atom. The first-order chi connectivity index (χ1) is 16.7. The Bertz CT molecular complexity index is 864. The van der Waals surface area contributed by atoms with Gasteiger partial charge in [-0.3, -0.25) is 4.79 Å². The molecule has 3 amide bonds. The molecule has 2 fully saturated rings. The van der Waals surface area contributed by atoms with Gasteiger partial charge in [0, 0.05) is 26.1 Å². The van der Waals surface area contributed by atoms with Crippen molar-refractivity contribution in [3.05, 3.63) is 29.8 Å². The molecule has 0 saturated carbocycles. The lowest BCUT2D eigenvalue weighted by molar-refractivity contribution is -0.122. The van der Waals surface area contributed by atoms with Crippen molar-refractivity contribution in [1.82, 2.24) is 20.9 Å². The van der Waals surface area contributed by atoms with E-state index in [1.165, 1.54) is 0 Å². The summed E-state index contributed by atoms with van der Waals surface area (Å²) >= 11 is 0. The highest BCUT2D eigenvalue weighted by Crippen LogP contribution is 2.27. The van der Waals surface area contributed by atoms with Crippen LogP contribution in [0, 0.1) is 0 Å². The van der Waals surface area contributed by atoms with E-state index in [4.69, 9.17) is 14.2 Å². The Morgan fingerprint density at radius 1 is 1.09 bits per heavy atom. The topological polar surface area (TPSA) is 118 Å². The minimum Gasteiger partial charge on any atom is -0.497 e. The fraction of sp³-hybridized carbons (Fsp3) is 0.640. The summed E-state index contributed by atoms with van der Waals surface area (Å²) in [6.07, 6.45) is 1.35. The quantitative estimate of drug-likeness (QED) is 0.478. The largest absolute Gasteiger partial charge is 0.497 e. The van der Waals surface area contributed by atoms with Gasteiger partial charge in [0.2, 0.25) is 5.91 Å². The van der Waals surface area contributed by atoms with Crippen LogP contribution >= 0.6 is 0 Å². The summed E-state index contributed by atoms with van der Waals surface area (Å²) in [5, 5.41) is 8.65. The Hall–Kier alpha value is -3.01. The summed E-state index contributed by atoms with van der Waals surface area (Å²) in [5.74, 6) is 0.688. The summed E-state index contributed by atoms with van der Waals surface area (Å²) < 4.78 is 16.5. The van der Waals surface area contributed by atoms with Gasteiger partial charge in [0.15, 0.2) is 0 Å². The molecule has 0 unspecified atom stereocenters. The second kappa shape index (κ2) is 12.1. The molecule has 2 saturated heterocycles. The van der Waals surface area contributed by atoms with Gasteiger partial charge < -0.3 is 35.1 Å². The van der Waals surface area contributed by atoms with E-state index in [0.29, 0.717) is 25.9 Å². The third-order valence-corrected chi connectivity index (χ3v) is 6.04. The fourth-order valence-corrected chi connectivity index (χ4v) is 4.32. The van der Waals surface area contributed by atoms with E-state index in [-0.39, 0.29) is 24.5 Å². The zero-order valence-electron chi connectivity index (χ0n) is 21.1.